The lowest BCUT2D eigenvalue weighted by Crippen LogP contribution is -2.48. The highest BCUT2D eigenvalue weighted by molar-refractivity contribution is 6.04. The second-order valence-corrected chi connectivity index (χ2v) is 6.37. The number of ether oxygens (including phenoxy) is 2. The molecule has 142 valence electrons. The van der Waals surface area contributed by atoms with E-state index in [2.05, 4.69) is 5.32 Å². The molecule has 0 aliphatic carbocycles. The highest BCUT2D eigenvalue weighted by Gasteiger charge is 2.37. The van der Waals surface area contributed by atoms with Gasteiger partial charge in [0.1, 0.15) is 6.04 Å². The maximum absolute atomic E-state index is 13.1. The van der Waals surface area contributed by atoms with Crippen LogP contribution in [0.4, 0.5) is 5.69 Å². The van der Waals surface area contributed by atoms with E-state index in [1.54, 1.807) is 31.3 Å². The van der Waals surface area contributed by atoms with Crippen LogP contribution >= 0.6 is 0 Å². The number of anilines is 1. The maximum Gasteiger partial charge on any atom is 0.243 e. The van der Waals surface area contributed by atoms with Gasteiger partial charge in [0.05, 0.1) is 20.6 Å². The molecule has 2 aromatic rings. The number of carbonyl (C=O) groups is 2. The van der Waals surface area contributed by atoms with E-state index in [9.17, 15) is 9.59 Å². The van der Waals surface area contributed by atoms with Gasteiger partial charge in [-0.2, -0.15) is 0 Å². The van der Waals surface area contributed by atoms with E-state index in [0.29, 0.717) is 24.5 Å². The van der Waals surface area contributed by atoms with Crippen LogP contribution in [0.1, 0.15) is 18.1 Å². The monoisotopic (exact) mass is 368 g/mol. The van der Waals surface area contributed by atoms with Crippen LogP contribution in [0.5, 0.6) is 11.5 Å². The molecule has 0 fully saturated rings. The van der Waals surface area contributed by atoms with Crippen LogP contribution in [0.25, 0.3) is 0 Å². The maximum atomic E-state index is 13.1. The minimum absolute atomic E-state index is 0.122. The fourth-order valence-corrected chi connectivity index (χ4v) is 3.45. The normalized spacial score (nSPS) is 15.2. The Bertz CT molecular complexity index is 850. The minimum atomic E-state index is -0.519. The summed E-state index contributed by atoms with van der Waals surface area (Å²) in [7, 11) is 3.13. The Morgan fingerprint density at radius 1 is 1.11 bits per heavy atom. The topological polar surface area (TPSA) is 67.9 Å². The number of nitrogens with zero attached hydrogens (tertiary/aromatic N) is 1. The molecule has 0 radical (unpaired) electrons. The highest BCUT2D eigenvalue weighted by Crippen LogP contribution is 2.33. The lowest BCUT2D eigenvalue weighted by atomic mass is 10.1. The molecule has 1 atom stereocenters. The standard InChI is InChI=1S/C21H24N2O4/c1-4-22-21(25)17-13-15-7-5-6-8-16(15)23(17)20(24)12-14-9-10-18(26-2)19(11-14)27-3/h5-11,17H,4,12-13H2,1-3H3,(H,22,25)/t17-/m1/s1. The van der Waals surface area contributed by atoms with Gasteiger partial charge in [-0.25, -0.2) is 0 Å². The van der Waals surface area contributed by atoms with Gasteiger partial charge in [0.2, 0.25) is 11.8 Å². The molecule has 2 aromatic carbocycles. The summed E-state index contributed by atoms with van der Waals surface area (Å²) in [5.41, 5.74) is 2.62. The van der Waals surface area contributed by atoms with Gasteiger partial charge in [0.15, 0.2) is 11.5 Å². The zero-order valence-electron chi connectivity index (χ0n) is 15.8. The largest absolute Gasteiger partial charge is 0.493 e. The van der Waals surface area contributed by atoms with Crippen LogP contribution in [0.3, 0.4) is 0 Å². The number of hydrogen-bond donors (Lipinski definition) is 1. The fourth-order valence-electron chi connectivity index (χ4n) is 3.45. The number of amides is 2. The molecule has 1 aliphatic heterocycles. The molecule has 2 amide bonds. The van der Waals surface area contributed by atoms with Crippen molar-refractivity contribution in [3.63, 3.8) is 0 Å². The molecular formula is C21H24N2O4. The van der Waals surface area contributed by atoms with Crippen molar-refractivity contribution in [1.29, 1.82) is 0 Å². The average Bonchev–Trinajstić information content (AvgIpc) is 3.08. The van der Waals surface area contributed by atoms with E-state index in [4.69, 9.17) is 9.47 Å². The smallest absolute Gasteiger partial charge is 0.243 e. The molecule has 3 rings (SSSR count). The predicted octanol–water partition coefficient (Wildman–Crippen LogP) is 2.34. The third-order valence-electron chi connectivity index (χ3n) is 4.70. The number of methoxy groups -OCH3 is 2. The van der Waals surface area contributed by atoms with E-state index >= 15 is 0 Å². The van der Waals surface area contributed by atoms with Crippen molar-refractivity contribution >= 4 is 17.5 Å². The number of carbonyl (C=O) groups excluding carboxylic acids is 2. The lowest BCUT2D eigenvalue weighted by molar-refractivity contribution is -0.125. The van der Waals surface area contributed by atoms with Crippen molar-refractivity contribution in [2.45, 2.75) is 25.8 Å². The first-order valence-corrected chi connectivity index (χ1v) is 8.97. The van der Waals surface area contributed by atoms with E-state index in [1.165, 1.54) is 0 Å². The van der Waals surface area contributed by atoms with Gasteiger partial charge in [-0.1, -0.05) is 24.3 Å². The second-order valence-electron chi connectivity index (χ2n) is 6.37. The van der Waals surface area contributed by atoms with Gasteiger partial charge >= 0.3 is 0 Å². The predicted molar refractivity (Wildman–Crippen MR) is 103 cm³/mol. The third-order valence-corrected chi connectivity index (χ3v) is 4.70. The number of nitrogens with one attached hydrogen (secondary N) is 1. The lowest BCUT2D eigenvalue weighted by Gasteiger charge is -2.25. The van der Waals surface area contributed by atoms with Crippen LogP contribution in [0.2, 0.25) is 0 Å². The Balaban J connectivity index is 1.87. The number of benzene rings is 2. The van der Waals surface area contributed by atoms with Crippen molar-refractivity contribution < 1.29 is 19.1 Å². The van der Waals surface area contributed by atoms with Crippen molar-refractivity contribution in [3.05, 3.63) is 53.6 Å². The number of hydrogen-bond acceptors (Lipinski definition) is 4. The summed E-state index contributed by atoms with van der Waals surface area (Å²) in [6.07, 6.45) is 0.699. The summed E-state index contributed by atoms with van der Waals surface area (Å²) in [5, 5.41) is 2.83. The summed E-state index contributed by atoms with van der Waals surface area (Å²) < 4.78 is 10.6. The van der Waals surface area contributed by atoms with Gasteiger partial charge in [-0.3, -0.25) is 14.5 Å². The molecule has 1 N–H and O–H groups in total. The Kier molecular flexibility index (Phi) is 5.64. The number of likely N-dealkylation sites (N-methyl/N-ethyl adjacent to an activating group) is 1. The second kappa shape index (κ2) is 8.12. The summed E-state index contributed by atoms with van der Waals surface area (Å²) >= 11 is 0. The van der Waals surface area contributed by atoms with Gasteiger partial charge in [-0.05, 0) is 36.2 Å². The quantitative estimate of drug-likeness (QED) is 0.850. The van der Waals surface area contributed by atoms with Crippen LogP contribution in [-0.2, 0) is 22.4 Å². The van der Waals surface area contributed by atoms with Crippen molar-refractivity contribution in [3.8, 4) is 11.5 Å². The van der Waals surface area contributed by atoms with Crippen LogP contribution < -0.4 is 19.7 Å². The van der Waals surface area contributed by atoms with Crippen LogP contribution in [0.15, 0.2) is 42.5 Å². The molecular weight excluding hydrogens is 344 g/mol. The molecule has 0 bridgehead atoms. The Hall–Kier alpha value is -3.02. The van der Waals surface area contributed by atoms with E-state index in [-0.39, 0.29) is 18.2 Å². The number of rotatable bonds is 6. The number of fused-ring (bicyclic) bond motifs is 1. The molecule has 6 nitrogen and oxygen atoms in total. The molecule has 1 heterocycles. The fraction of sp³-hybridized carbons (Fsp3) is 0.333. The van der Waals surface area contributed by atoms with Gasteiger partial charge in [-0.15, -0.1) is 0 Å². The molecule has 1 aliphatic rings. The summed E-state index contributed by atoms with van der Waals surface area (Å²) in [6.45, 7) is 2.40. The highest BCUT2D eigenvalue weighted by atomic mass is 16.5. The van der Waals surface area contributed by atoms with E-state index in [1.807, 2.05) is 37.3 Å². The molecule has 27 heavy (non-hydrogen) atoms. The molecule has 0 saturated heterocycles. The summed E-state index contributed by atoms with van der Waals surface area (Å²) in [4.78, 5) is 27.3. The first-order valence-electron chi connectivity index (χ1n) is 8.97. The Labute approximate surface area is 159 Å². The molecule has 0 unspecified atom stereocenters. The van der Waals surface area contributed by atoms with Crippen molar-refractivity contribution in [2.75, 3.05) is 25.7 Å². The van der Waals surface area contributed by atoms with Crippen LogP contribution in [0, 0.1) is 0 Å². The zero-order chi connectivity index (χ0) is 19.4. The van der Waals surface area contributed by atoms with Gasteiger partial charge in [0, 0.05) is 18.7 Å². The van der Waals surface area contributed by atoms with E-state index in [0.717, 1.165) is 16.8 Å². The van der Waals surface area contributed by atoms with Crippen molar-refractivity contribution in [1.82, 2.24) is 5.32 Å². The summed E-state index contributed by atoms with van der Waals surface area (Å²) in [6, 6.07) is 12.6. The Morgan fingerprint density at radius 2 is 1.85 bits per heavy atom. The first kappa shape index (κ1) is 18.8. The third kappa shape index (κ3) is 3.74. The molecule has 0 saturated carbocycles. The van der Waals surface area contributed by atoms with Crippen LogP contribution in [-0.4, -0.2) is 38.6 Å². The van der Waals surface area contributed by atoms with Gasteiger partial charge < -0.3 is 14.8 Å². The Morgan fingerprint density at radius 3 is 2.56 bits per heavy atom. The number of para-hydroxylation sites is 1. The van der Waals surface area contributed by atoms with E-state index < -0.39 is 6.04 Å². The molecule has 0 aromatic heterocycles. The molecule has 0 spiro atoms. The zero-order valence-corrected chi connectivity index (χ0v) is 15.8. The van der Waals surface area contributed by atoms with Gasteiger partial charge in [0.25, 0.3) is 0 Å². The summed E-state index contributed by atoms with van der Waals surface area (Å²) in [5.74, 6) is 0.933. The SMILES string of the molecule is CCNC(=O)[C@H]1Cc2ccccc2N1C(=O)Cc1ccc(OC)c(OC)c1. The first-order chi connectivity index (χ1) is 13.1. The minimum Gasteiger partial charge on any atom is -0.493 e. The average molecular weight is 368 g/mol. The van der Waals surface area contributed by atoms with Crippen molar-refractivity contribution in [2.24, 2.45) is 0 Å². The molecule has 6 heteroatoms.